The van der Waals surface area contributed by atoms with E-state index in [1.54, 1.807) is 30.3 Å². The molecule has 6 heteroatoms. The van der Waals surface area contributed by atoms with E-state index in [-0.39, 0.29) is 5.75 Å². The summed E-state index contributed by atoms with van der Waals surface area (Å²) in [6.45, 7) is 1.91. The van der Waals surface area contributed by atoms with E-state index in [4.69, 9.17) is 21.1 Å². The van der Waals surface area contributed by atoms with Crippen LogP contribution in [0, 0.1) is 6.92 Å². The van der Waals surface area contributed by atoms with E-state index in [1.807, 2.05) is 37.3 Å². The number of aromatic hydroxyl groups is 1. The first-order valence-corrected chi connectivity index (χ1v) is 9.02. The fourth-order valence-electron chi connectivity index (χ4n) is 2.91. The minimum atomic E-state index is -0.0198. The van der Waals surface area contributed by atoms with E-state index < -0.39 is 0 Å². The van der Waals surface area contributed by atoms with Gasteiger partial charge in [-0.3, -0.25) is 0 Å². The molecule has 0 aliphatic rings. The molecular formula is C22H17ClN2O3. The second kappa shape index (κ2) is 7.37. The van der Waals surface area contributed by atoms with Crippen LogP contribution in [0.2, 0.25) is 5.02 Å². The summed E-state index contributed by atoms with van der Waals surface area (Å²) in [5.41, 5.74) is 2.07. The summed E-state index contributed by atoms with van der Waals surface area (Å²) in [5, 5.41) is 11.9. The van der Waals surface area contributed by atoms with Crippen molar-refractivity contribution < 1.29 is 14.6 Å². The van der Waals surface area contributed by atoms with Gasteiger partial charge in [-0.25, -0.2) is 4.98 Å². The van der Waals surface area contributed by atoms with Crippen molar-refractivity contribution in [2.75, 3.05) is 7.11 Å². The second-order valence-corrected chi connectivity index (χ2v) is 6.65. The van der Waals surface area contributed by atoms with Gasteiger partial charge in [0.25, 0.3) is 0 Å². The van der Waals surface area contributed by atoms with E-state index >= 15 is 0 Å². The molecule has 0 aliphatic heterocycles. The van der Waals surface area contributed by atoms with Crippen molar-refractivity contribution in [1.82, 2.24) is 9.97 Å². The molecule has 0 fully saturated rings. The third-order valence-electron chi connectivity index (χ3n) is 4.37. The van der Waals surface area contributed by atoms with E-state index in [9.17, 15) is 5.11 Å². The van der Waals surface area contributed by atoms with Gasteiger partial charge >= 0.3 is 0 Å². The maximum atomic E-state index is 10.5. The molecule has 0 amide bonds. The average Bonchev–Trinajstić information content (AvgIpc) is 2.71. The van der Waals surface area contributed by atoms with Crippen LogP contribution in [-0.2, 0) is 0 Å². The van der Waals surface area contributed by atoms with E-state index in [0.29, 0.717) is 39.3 Å². The van der Waals surface area contributed by atoms with Gasteiger partial charge in [0.2, 0.25) is 5.88 Å². The summed E-state index contributed by atoms with van der Waals surface area (Å²) in [4.78, 5) is 9.16. The Labute approximate surface area is 167 Å². The zero-order valence-electron chi connectivity index (χ0n) is 15.3. The molecule has 0 spiro atoms. The number of hydrogen-bond donors (Lipinski definition) is 1. The summed E-state index contributed by atoms with van der Waals surface area (Å²) in [6.07, 6.45) is 0. The summed E-state index contributed by atoms with van der Waals surface area (Å²) < 4.78 is 11.3. The molecule has 0 unspecified atom stereocenters. The molecule has 0 saturated carbocycles. The van der Waals surface area contributed by atoms with Crippen molar-refractivity contribution in [2.24, 2.45) is 0 Å². The highest BCUT2D eigenvalue weighted by molar-refractivity contribution is 6.31. The quantitative estimate of drug-likeness (QED) is 0.478. The van der Waals surface area contributed by atoms with Crippen molar-refractivity contribution in [1.29, 1.82) is 0 Å². The highest BCUT2D eigenvalue weighted by Gasteiger charge is 2.16. The minimum absolute atomic E-state index is 0.0198. The van der Waals surface area contributed by atoms with Gasteiger partial charge in [-0.2, -0.15) is 4.98 Å². The number of benzene rings is 3. The zero-order chi connectivity index (χ0) is 19.7. The first-order valence-electron chi connectivity index (χ1n) is 8.64. The number of phenolic OH excluding ortho intramolecular Hbond substituents is 1. The first-order chi connectivity index (χ1) is 13.6. The predicted molar refractivity (Wildman–Crippen MR) is 109 cm³/mol. The Bertz CT molecular complexity index is 1180. The number of methoxy groups -OCH3 is 1. The molecule has 5 nitrogen and oxygen atoms in total. The number of aromatic nitrogens is 2. The van der Waals surface area contributed by atoms with Crippen LogP contribution in [0.5, 0.6) is 23.1 Å². The molecule has 1 aromatic heterocycles. The summed E-state index contributed by atoms with van der Waals surface area (Å²) in [7, 11) is 1.50. The lowest BCUT2D eigenvalue weighted by Gasteiger charge is -2.12. The fraction of sp³-hybridized carbons (Fsp3) is 0.0909. The molecule has 1 N–H and O–H groups in total. The van der Waals surface area contributed by atoms with Gasteiger partial charge in [0.15, 0.2) is 17.3 Å². The van der Waals surface area contributed by atoms with Gasteiger partial charge in [-0.05, 0) is 55.0 Å². The Kier molecular flexibility index (Phi) is 4.75. The standard InChI is InChI=1S/C22H17ClN2O3/c1-13-12-14(10-11-17(13)23)28-22-15-6-3-4-8-18(15)24-21(25-22)16-7-5-9-19(27-2)20(16)26/h3-12,26H,1-2H3. The van der Waals surface area contributed by atoms with Crippen molar-refractivity contribution in [2.45, 2.75) is 6.92 Å². The van der Waals surface area contributed by atoms with Crippen LogP contribution in [0.25, 0.3) is 22.3 Å². The van der Waals surface area contributed by atoms with Crippen LogP contribution in [-0.4, -0.2) is 22.2 Å². The van der Waals surface area contributed by atoms with Crippen LogP contribution >= 0.6 is 11.6 Å². The largest absolute Gasteiger partial charge is 0.504 e. The zero-order valence-corrected chi connectivity index (χ0v) is 16.1. The molecule has 140 valence electrons. The Morgan fingerprint density at radius 1 is 0.964 bits per heavy atom. The van der Waals surface area contributed by atoms with E-state index in [0.717, 1.165) is 10.9 Å². The molecule has 3 aromatic carbocycles. The average molecular weight is 393 g/mol. The third kappa shape index (κ3) is 3.32. The number of rotatable bonds is 4. The molecule has 0 atom stereocenters. The number of aryl methyl sites for hydroxylation is 1. The second-order valence-electron chi connectivity index (χ2n) is 6.24. The van der Waals surface area contributed by atoms with Gasteiger partial charge in [0.05, 0.1) is 23.6 Å². The molecule has 1 heterocycles. The first kappa shape index (κ1) is 18.1. The van der Waals surface area contributed by atoms with Gasteiger partial charge < -0.3 is 14.6 Å². The topological polar surface area (TPSA) is 64.5 Å². The molecule has 0 radical (unpaired) electrons. The maximum absolute atomic E-state index is 10.5. The Morgan fingerprint density at radius 3 is 2.57 bits per heavy atom. The predicted octanol–water partition coefficient (Wildman–Crippen LogP) is 5.77. The SMILES string of the molecule is COc1cccc(-c2nc(Oc3ccc(Cl)c(C)c3)c3ccccc3n2)c1O. The van der Waals surface area contributed by atoms with Crippen LogP contribution in [0.4, 0.5) is 0 Å². The lowest BCUT2D eigenvalue weighted by atomic mass is 10.1. The highest BCUT2D eigenvalue weighted by atomic mass is 35.5. The summed E-state index contributed by atoms with van der Waals surface area (Å²) >= 11 is 6.11. The summed E-state index contributed by atoms with van der Waals surface area (Å²) in [6, 6.07) is 18.2. The van der Waals surface area contributed by atoms with Crippen LogP contribution in [0.1, 0.15) is 5.56 Å². The lowest BCUT2D eigenvalue weighted by molar-refractivity contribution is 0.374. The molecule has 28 heavy (non-hydrogen) atoms. The number of nitrogens with zero attached hydrogens (tertiary/aromatic N) is 2. The number of phenols is 1. The van der Waals surface area contributed by atoms with Gasteiger partial charge in [0, 0.05) is 5.02 Å². The van der Waals surface area contributed by atoms with Crippen molar-refractivity contribution in [3.63, 3.8) is 0 Å². The Hall–Kier alpha value is -3.31. The molecular weight excluding hydrogens is 376 g/mol. The Balaban J connectivity index is 1.87. The monoisotopic (exact) mass is 392 g/mol. The fourth-order valence-corrected chi connectivity index (χ4v) is 3.02. The third-order valence-corrected chi connectivity index (χ3v) is 4.80. The van der Waals surface area contributed by atoms with Crippen molar-refractivity contribution in [3.05, 3.63) is 71.2 Å². The minimum Gasteiger partial charge on any atom is -0.504 e. The summed E-state index contributed by atoms with van der Waals surface area (Å²) in [5.74, 6) is 1.69. The number of halogens is 1. The normalized spacial score (nSPS) is 10.8. The smallest absolute Gasteiger partial charge is 0.230 e. The van der Waals surface area contributed by atoms with Crippen LogP contribution < -0.4 is 9.47 Å². The molecule has 0 saturated heterocycles. The van der Waals surface area contributed by atoms with E-state index in [1.165, 1.54) is 7.11 Å². The number of para-hydroxylation sites is 2. The van der Waals surface area contributed by atoms with Crippen molar-refractivity contribution >= 4 is 22.5 Å². The van der Waals surface area contributed by atoms with Gasteiger partial charge in [0.1, 0.15) is 5.75 Å². The number of fused-ring (bicyclic) bond motifs is 1. The number of ether oxygens (including phenoxy) is 2. The van der Waals surface area contributed by atoms with Crippen LogP contribution in [0.15, 0.2) is 60.7 Å². The Morgan fingerprint density at radius 2 is 1.79 bits per heavy atom. The molecule has 4 rings (SSSR count). The van der Waals surface area contributed by atoms with E-state index in [2.05, 4.69) is 9.97 Å². The van der Waals surface area contributed by atoms with Gasteiger partial charge in [-0.1, -0.05) is 29.8 Å². The molecule has 0 aliphatic carbocycles. The lowest BCUT2D eigenvalue weighted by Crippen LogP contribution is -1.97. The van der Waals surface area contributed by atoms with Crippen LogP contribution in [0.3, 0.4) is 0 Å². The molecule has 4 aromatic rings. The molecule has 0 bridgehead atoms. The highest BCUT2D eigenvalue weighted by Crippen LogP contribution is 2.38. The number of hydrogen-bond acceptors (Lipinski definition) is 5. The maximum Gasteiger partial charge on any atom is 0.230 e. The van der Waals surface area contributed by atoms with Crippen molar-refractivity contribution in [3.8, 4) is 34.5 Å². The van der Waals surface area contributed by atoms with Gasteiger partial charge in [-0.15, -0.1) is 0 Å².